The number of carbonyl (C=O) groups excluding carboxylic acids is 1. The number of nitrogens with zero attached hydrogens (tertiary/aromatic N) is 4. The van der Waals surface area contributed by atoms with Gasteiger partial charge in [-0.2, -0.15) is 4.98 Å². The van der Waals surface area contributed by atoms with Crippen molar-refractivity contribution in [1.29, 1.82) is 0 Å². The summed E-state index contributed by atoms with van der Waals surface area (Å²) in [5.74, 6) is 2.60. The number of hydrogen-bond donors (Lipinski definition) is 0. The molecule has 6 heteroatoms. The van der Waals surface area contributed by atoms with Gasteiger partial charge in [0, 0.05) is 18.2 Å². The molecule has 2 aromatic heterocycles. The second-order valence-electron chi connectivity index (χ2n) is 8.36. The molecule has 4 aromatic rings. The van der Waals surface area contributed by atoms with E-state index in [9.17, 15) is 4.79 Å². The molecule has 0 saturated carbocycles. The predicted molar refractivity (Wildman–Crippen MR) is 119 cm³/mol. The van der Waals surface area contributed by atoms with Crippen molar-refractivity contribution in [2.75, 3.05) is 7.11 Å². The molecule has 2 heterocycles. The van der Waals surface area contributed by atoms with Gasteiger partial charge in [-0.05, 0) is 53.6 Å². The summed E-state index contributed by atoms with van der Waals surface area (Å²) < 4.78 is 6.82. The van der Waals surface area contributed by atoms with Gasteiger partial charge in [-0.1, -0.05) is 38.1 Å². The highest BCUT2D eigenvalue weighted by molar-refractivity contribution is 5.98. The minimum absolute atomic E-state index is 0.107. The van der Waals surface area contributed by atoms with Crippen molar-refractivity contribution >= 4 is 11.6 Å². The number of carbonyl (C=O) groups is 1. The Morgan fingerprint density at radius 3 is 2.42 bits per heavy atom. The van der Waals surface area contributed by atoms with Crippen LogP contribution in [0, 0.1) is 0 Å². The van der Waals surface area contributed by atoms with Crippen LogP contribution in [0.5, 0.6) is 5.75 Å². The van der Waals surface area contributed by atoms with Crippen molar-refractivity contribution in [2.45, 2.75) is 38.5 Å². The van der Waals surface area contributed by atoms with Crippen molar-refractivity contribution in [3.63, 3.8) is 0 Å². The Balaban J connectivity index is 1.47. The van der Waals surface area contributed by atoms with Crippen LogP contribution < -0.4 is 4.74 Å². The maximum absolute atomic E-state index is 12.9. The number of Topliss-reactive ketones (excluding diaryl/α,β-unsaturated/α-hetero) is 1. The van der Waals surface area contributed by atoms with Crippen molar-refractivity contribution in [3.8, 4) is 17.1 Å². The number of methoxy groups -OCH3 is 1. The number of ether oxygens (including phenoxy) is 1. The van der Waals surface area contributed by atoms with E-state index in [2.05, 4.69) is 48.2 Å². The monoisotopic (exact) mass is 412 g/mol. The summed E-state index contributed by atoms with van der Waals surface area (Å²) in [4.78, 5) is 22.2. The van der Waals surface area contributed by atoms with Crippen LogP contribution in [0.4, 0.5) is 0 Å². The van der Waals surface area contributed by atoms with Crippen LogP contribution in [-0.2, 0) is 6.42 Å². The minimum Gasteiger partial charge on any atom is -0.497 e. The van der Waals surface area contributed by atoms with E-state index in [4.69, 9.17) is 9.72 Å². The first-order chi connectivity index (χ1) is 15.0. The molecule has 6 nitrogen and oxygen atoms in total. The Bertz CT molecular complexity index is 1260. The highest BCUT2D eigenvalue weighted by Gasteiger charge is 2.28. The fraction of sp³-hybridized carbons (Fsp3) is 0.280. The second kappa shape index (κ2) is 7.61. The lowest BCUT2D eigenvalue weighted by atomic mass is 9.81. The van der Waals surface area contributed by atoms with Crippen LogP contribution in [-0.4, -0.2) is 32.5 Å². The van der Waals surface area contributed by atoms with Gasteiger partial charge < -0.3 is 4.74 Å². The topological polar surface area (TPSA) is 69.4 Å². The molecule has 0 radical (unpaired) electrons. The van der Waals surface area contributed by atoms with E-state index in [-0.39, 0.29) is 11.7 Å². The zero-order valence-electron chi connectivity index (χ0n) is 17.9. The van der Waals surface area contributed by atoms with E-state index >= 15 is 0 Å². The Hall–Kier alpha value is -3.54. The lowest BCUT2D eigenvalue weighted by molar-refractivity contribution is 0.0962. The van der Waals surface area contributed by atoms with Crippen LogP contribution in [0.15, 0.2) is 54.7 Å². The van der Waals surface area contributed by atoms with Crippen LogP contribution in [0.2, 0.25) is 0 Å². The summed E-state index contributed by atoms with van der Waals surface area (Å²) in [6.07, 6.45) is 2.99. The molecule has 0 fully saturated rings. The standard InChI is InChI=1S/C25H24N4O2/c1-15(2)16-4-6-17(7-5-16)19-12-22-21(23(30)13-19)14-29-25(26-22)27-24(28-29)18-8-10-20(31-3)11-9-18/h4-11,14-15,19H,12-13H2,1-3H3. The molecule has 0 amide bonds. The zero-order chi connectivity index (χ0) is 21.5. The molecule has 0 saturated heterocycles. The fourth-order valence-corrected chi connectivity index (χ4v) is 4.13. The SMILES string of the molecule is COc1ccc(-c2nc3nc4c(cn3n2)C(=O)CC(c2ccc(C(C)C)cc2)C4)cc1. The van der Waals surface area contributed by atoms with E-state index in [1.54, 1.807) is 17.8 Å². The van der Waals surface area contributed by atoms with Crippen molar-refractivity contribution < 1.29 is 9.53 Å². The molecule has 0 aliphatic heterocycles. The second-order valence-corrected chi connectivity index (χ2v) is 8.36. The zero-order valence-corrected chi connectivity index (χ0v) is 17.9. The third-order valence-corrected chi connectivity index (χ3v) is 6.01. The highest BCUT2D eigenvalue weighted by Crippen LogP contribution is 2.33. The first kappa shape index (κ1) is 19.4. The van der Waals surface area contributed by atoms with Gasteiger partial charge in [0.1, 0.15) is 5.75 Å². The third kappa shape index (κ3) is 3.58. The summed E-state index contributed by atoms with van der Waals surface area (Å²) in [7, 11) is 1.63. The van der Waals surface area contributed by atoms with Crippen LogP contribution in [0.1, 0.15) is 59.3 Å². The third-order valence-electron chi connectivity index (χ3n) is 6.01. The Kier molecular flexibility index (Phi) is 4.77. The molecule has 1 atom stereocenters. The number of aromatic nitrogens is 4. The smallest absolute Gasteiger partial charge is 0.252 e. The Labute approximate surface area is 180 Å². The summed E-state index contributed by atoms with van der Waals surface area (Å²) in [6, 6.07) is 16.2. The van der Waals surface area contributed by atoms with Crippen molar-refractivity contribution in [3.05, 3.63) is 77.1 Å². The number of hydrogen-bond acceptors (Lipinski definition) is 5. The number of rotatable bonds is 4. The van der Waals surface area contributed by atoms with Gasteiger partial charge in [-0.25, -0.2) is 9.50 Å². The van der Waals surface area contributed by atoms with E-state index in [0.717, 1.165) is 23.4 Å². The molecule has 0 spiro atoms. The maximum Gasteiger partial charge on any atom is 0.252 e. The molecule has 1 aliphatic carbocycles. The molecular formula is C25H24N4O2. The van der Waals surface area contributed by atoms with Gasteiger partial charge in [0.05, 0.1) is 18.4 Å². The summed E-state index contributed by atoms with van der Waals surface area (Å²) in [6.45, 7) is 4.37. The van der Waals surface area contributed by atoms with Gasteiger partial charge in [-0.15, -0.1) is 5.10 Å². The normalized spacial score (nSPS) is 16.0. The van der Waals surface area contributed by atoms with Crippen LogP contribution >= 0.6 is 0 Å². The molecular weight excluding hydrogens is 388 g/mol. The quantitative estimate of drug-likeness (QED) is 0.480. The number of fused-ring (bicyclic) bond motifs is 2. The first-order valence-corrected chi connectivity index (χ1v) is 10.6. The number of benzene rings is 2. The molecule has 0 N–H and O–H groups in total. The molecule has 2 aromatic carbocycles. The highest BCUT2D eigenvalue weighted by atomic mass is 16.5. The summed E-state index contributed by atoms with van der Waals surface area (Å²) in [5.41, 5.74) is 4.81. The van der Waals surface area contributed by atoms with Gasteiger partial charge in [-0.3, -0.25) is 4.79 Å². The van der Waals surface area contributed by atoms with E-state index < -0.39 is 0 Å². The van der Waals surface area contributed by atoms with Gasteiger partial charge in [0.2, 0.25) is 0 Å². The largest absolute Gasteiger partial charge is 0.497 e. The van der Waals surface area contributed by atoms with Gasteiger partial charge in [0.15, 0.2) is 11.6 Å². The van der Waals surface area contributed by atoms with Crippen LogP contribution in [0.3, 0.4) is 0 Å². The van der Waals surface area contributed by atoms with Crippen molar-refractivity contribution in [2.24, 2.45) is 0 Å². The van der Waals surface area contributed by atoms with Crippen molar-refractivity contribution in [1.82, 2.24) is 19.6 Å². The Morgan fingerprint density at radius 2 is 1.74 bits per heavy atom. The lowest BCUT2D eigenvalue weighted by Gasteiger charge is -2.23. The van der Waals surface area contributed by atoms with Crippen LogP contribution in [0.25, 0.3) is 17.2 Å². The van der Waals surface area contributed by atoms with E-state index in [1.807, 2.05) is 24.3 Å². The molecule has 31 heavy (non-hydrogen) atoms. The number of ketones is 1. The predicted octanol–water partition coefficient (Wildman–Crippen LogP) is 4.84. The molecule has 156 valence electrons. The molecule has 1 aliphatic rings. The first-order valence-electron chi connectivity index (χ1n) is 10.6. The van der Waals surface area contributed by atoms with E-state index in [0.29, 0.717) is 29.5 Å². The lowest BCUT2D eigenvalue weighted by Crippen LogP contribution is -2.21. The average molecular weight is 412 g/mol. The average Bonchev–Trinajstić information content (AvgIpc) is 3.21. The fourth-order valence-electron chi connectivity index (χ4n) is 4.13. The van der Waals surface area contributed by atoms with Gasteiger partial charge in [0.25, 0.3) is 5.78 Å². The molecule has 0 bridgehead atoms. The minimum atomic E-state index is 0.107. The van der Waals surface area contributed by atoms with E-state index in [1.165, 1.54) is 11.1 Å². The molecule has 1 unspecified atom stereocenters. The maximum atomic E-state index is 12.9. The summed E-state index contributed by atoms with van der Waals surface area (Å²) >= 11 is 0. The molecule has 5 rings (SSSR count). The van der Waals surface area contributed by atoms with Gasteiger partial charge >= 0.3 is 0 Å². The Morgan fingerprint density at radius 1 is 1.00 bits per heavy atom. The summed E-state index contributed by atoms with van der Waals surface area (Å²) in [5, 5.41) is 4.53.